The Morgan fingerprint density at radius 3 is 2.17 bits per heavy atom. The fourth-order valence-corrected chi connectivity index (χ4v) is 11.0. The highest BCUT2D eigenvalue weighted by Gasteiger charge is 2.43. The quantitative estimate of drug-likeness (QED) is 0.168. The molecule has 4 nitrogen and oxygen atoms in total. The first-order valence-corrected chi connectivity index (χ1v) is 22.0. The van der Waals surface area contributed by atoms with Crippen molar-refractivity contribution in [2.75, 3.05) is 0 Å². The Balaban J connectivity index is 1.15. The largest absolute Gasteiger partial charge is 0.456 e. The topological polar surface area (TPSA) is 51.8 Å². The molecule has 0 fully saturated rings. The Morgan fingerprint density at radius 2 is 1.29 bits per heavy atom. The van der Waals surface area contributed by atoms with Gasteiger partial charge in [-0.1, -0.05) is 191 Å². The number of furan rings is 1. The van der Waals surface area contributed by atoms with Crippen molar-refractivity contribution in [1.29, 1.82) is 0 Å². The summed E-state index contributed by atoms with van der Waals surface area (Å²) in [6, 6.07) is 56.2. The number of aromatic nitrogens is 3. The van der Waals surface area contributed by atoms with Gasteiger partial charge in [0.25, 0.3) is 0 Å². The van der Waals surface area contributed by atoms with Gasteiger partial charge < -0.3 is 4.42 Å². The van der Waals surface area contributed by atoms with Gasteiger partial charge in [0.15, 0.2) is 17.5 Å². The molecule has 0 amide bonds. The van der Waals surface area contributed by atoms with Crippen LogP contribution in [0.3, 0.4) is 0 Å². The van der Waals surface area contributed by atoms with Gasteiger partial charge in [-0.05, 0) is 91.9 Å². The van der Waals surface area contributed by atoms with Gasteiger partial charge in [0, 0.05) is 38.6 Å². The van der Waals surface area contributed by atoms with E-state index in [-0.39, 0.29) is 10.8 Å². The van der Waals surface area contributed by atoms with Gasteiger partial charge in [-0.3, -0.25) is 0 Å². The Morgan fingerprint density at radius 1 is 0.603 bits per heavy atom. The summed E-state index contributed by atoms with van der Waals surface area (Å²) in [6.45, 7) is 9.42. The van der Waals surface area contributed by atoms with Crippen molar-refractivity contribution in [2.24, 2.45) is 0 Å². The summed E-state index contributed by atoms with van der Waals surface area (Å²) in [5.41, 5.74) is 18.1. The van der Waals surface area contributed by atoms with E-state index in [1.54, 1.807) is 0 Å². The van der Waals surface area contributed by atoms with Crippen LogP contribution in [0.15, 0.2) is 186 Å². The summed E-state index contributed by atoms with van der Waals surface area (Å²) in [7, 11) is 0. The lowest BCUT2D eigenvalue weighted by Gasteiger charge is -2.27. The van der Waals surface area contributed by atoms with Crippen molar-refractivity contribution in [1.82, 2.24) is 15.0 Å². The molecule has 2 aromatic heterocycles. The van der Waals surface area contributed by atoms with Gasteiger partial charge in [0.05, 0.1) is 0 Å². The van der Waals surface area contributed by atoms with E-state index < -0.39 is 0 Å². The van der Waals surface area contributed by atoms with Crippen LogP contribution >= 0.6 is 0 Å². The zero-order valence-electron chi connectivity index (χ0n) is 35.9. The molecule has 0 aliphatic heterocycles. The molecule has 1 unspecified atom stereocenters. The molecular weight excluding hydrogens is 767 g/mol. The van der Waals surface area contributed by atoms with Crippen LogP contribution in [0, 0.1) is 0 Å². The lowest BCUT2D eigenvalue weighted by Crippen LogP contribution is -2.19. The van der Waals surface area contributed by atoms with Crippen LogP contribution in [0.1, 0.15) is 79.2 Å². The molecule has 3 aliphatic carbocycles. The number of benzene rings is 7. The fraction of sp³-hybridized carbons (Fsp3) is 0.136. The third-order valence-corrected chi connectivity index (χ3v) is 14.0. The zero-order valence-corrected chi connectivity index (χ0v) is 35.9. The van der Waals surface area contributed by atoms with Crippen molar-refractivity contribution in [3.8, 4) is 45.0 Å². The molecule has 3 aliphatic rings. The van der Waals surface area contributed by atoms with E-state index in [1.165, 1.54) is 50.1 Å². The Hall–Kier alpha value is -7.43. The van der Waals surface area contributed by atoms with Crippen molar-refractivity contribution in [3.63, 3.8) is 0 Å². The zero-order chi connectivity index (χ0) is 42.5. The van der Waals surface area contributed by atoms with Gasteiger partial charge in [0.1, 0.15) is 11.2 Å². The van der Waals surface area contributed by atoms with Gasteiger partial charge in [-0.2, -0.15) is 0 Å². The molecule has 12 rings (SSSR count). The first-order valence-electron chi connectivity index (χ1n) is 22.0. The second-order valence-corrected chi connectivity index (χ2v) is 18.3. The molecule has 0 saturated heterocycles. The molecular formula is C59H45N3O. The van der Waals surface area contributed by atoms with Crippen LogP contribution in [0.5, 0.6) is 0 Å². The minimum absolute atomic E-state index is 0.179. The fourth-order valence-electron chi connectivity index (χ4n) is 11.0. The van der Waals surface area contributed by atoms with Crippen molar-refractivity contribution >= 4 is 33.6 Å². The first kappa shape index (κ1) is 37.3. The maximum Gasteiger partial charge on any atom is 0.164 e. The molecule has 2 heterocycles. The molecule has 1 atom stereocenters. The van der Waals surface area contributed by atoms with E-state index in [9.17, 15) is 0 Å². The third kappa shape index (κ3) is 5.78. The average Bonchev–Trinajstić information content (AvgIpc) is 3.91. The Labute approximate surface area is 368 Å². The Bertz CT molecular complexity index is 3430. The van der Waals surface area contributed by atoms with Gasteiger partial charge >= 0.3 is 0 Å². The van der Waals surface area contributed by atoms with Gasteiger partial charge in [-0.25, -0.2) is 15.0 Å². The van der Waals surface area contributed by atoms with Crippen molar-refractivity contribution in [2.45, 2.75) is 50.9 Å². The van der Waals surface area contributed by atoms with E-state index >= 15 is 0 Å². The number of allylic oxidation sites excluding steroid dienone is 4. The minimum Gasteiger partial charge on any atom is -0.456 e. The maximum atomic E-state index is 6.42. The summed E-state index contributed by atoms with van der Waals surface area (Å²) in [5.74, 6) is 2.18. The monoisotopic (exact) mass is 811 g/mol. The lowest BCUT2D eigenvalue weighted by atomic mass is 9.76. The predicted molar refractivity (Wildman–Crippen MR) is 258 cm³/mol. The molecule has 63 heavy (non-hydrogen) atoms. The number of nitrogens with zero attached hydrogens (tertiary/aromatic N) is 3. The molecule has 0 N–H and O–H groups in total. The molecule has 0 bridgehead atoms. The second-order valence-electron chi connectivity index (χ2n) is 18.3. The number of hydrogen-bond donors (Lipinski definition) is 0. The molecule has 0 saturated carbocycles. The standard InChI is InChI=1S/C59H45N3O/c1-58(2)48-30-12-9-23-42(48)53-44(27-16-31-49(53)58)56-60-52(61-57(62-56)45-28-17-33-51-54(45)43-24-10-13-32-50(43)63-51)35-46(38-21-14-20-37(34-38)36-18-6-5-7-19-36)41-26-15-25-40-39-22-8-11-29-47(39)59(3,4)55(40)41/h5-21,23-35,39H,22H2,1-4H3/b46-35+. The van der Waals surface area contributed by atoms with Crippen molar-refractivity contribution < 1.29 is 4.42 Å². The lowest BCUT2D eigenvalue weighted by molar-refractivity contribution is 0.611. The van der Waals surface area contributed by atoms with Crippen LogP contribution in [-0.4, -0.2) is 15.0 Å². The smallest absolute Gasteiger partial charge is 0.164 e. The molecule has 0 spiro atoms. The molecule has 9 aromatic rings. The number of hydrogen-bond acceptors (Lipinski definition) is 4. The number of fused-ring (bicyclic) bond motifs is 9. The summed E-state index contributed by atoms with van der Waals surface area (Å²) >= 11 is 0. The highest BCUT2D eigenvalue weighted by molar-refractivity contribution is 6.12. The highest BCUT2D eigenvalue weighted by atomic mass is 16.3. The van der Waals surface area contributed by atoms with E-state index in [1.807, 2.05) is 24.3 Å². The number of para-hydroxylation sites is 1. The molecule has 0 radical (unpaired) electrons. The Kier molecular flexibility index (Phi) is 8.33. The SMILES string of the molecule is CC1(C)C2=CC=CCC2c2cccc(/C(=C/c3nc(-c4cccc5c4-c4ccccc4C5(C)C)nc(-c4cccc5oc6ccccc6c45)n3)c3cccc(-c4ccccc4)c3)c21. The summed E-state index contributed by atoms with van der Waals surface area (Å²) in [6.07, 6.45) is 10.1. The van der Waals surface area contributed by atoms with Crippen LogP contribution in [0.4, 0.5) is 0 Å². The molecule has 302 valence electrons. The molecule has 4 heteroatoms. The van der Waals surface area contributed by atoms with E-state index in [2.05, 4.69) is 185 Å². The van der Waals surface area contributed by atoms with Crippen LogP contribution in [-0.2, 0) is 10.8 Å². The van der Waals surface area contributed by atoms with E-state index in [0.717, 1.165) is 56.2 Å². The summed E-state index contributed by atoms with van der Waals surface area (Å²) in [5, 5.41) is 2.03. The van der Waals surface area contributed by atoms with Crippen LogP contribution in [0.25, 0.3) is 78.6 Å². The second kappa shape index (κ2) is 14.1. The third-order valence-electron chi connectivity index (χ3n) is 14.0. The minimum atomic E-state index is -0.185. The maximum absolute atomic E-state index is 6.42. The number of rotatable bonds is 6. The normalized spacial score (nSPS) is 16.7. The van der Waals surface area contributed by atoms with Crippen LogP contribution in [0.2, 0.25) is 0 Å². The summed E-state index contributed by atoms with van der Waals surface area (Å²) < 4.78 is 6.42. The highest BCUT2D eigenvalue weighted by Crippen LogP contribution is 2.56. The van der Waals surface area contributed by atoms with Gasteiger partial charge in [0.2, 0.25) is 0 Å². The molecule has 7 aromatic carbocycles. The van der Waals surface area contributed by atoms with E-state index in [0.29, 0.717) is 23.4 Å². The van der Waals surface area contributed by atoms with Crippen molar-refractivity contribution in [3.05, 3.63) is 221 Å². The van der Waals surface area contributed by atoms with Gasteiger partial charge in [-0.15, -0.1) is 0 Å². The average molecular weight is 812 g/mol. The van der Waals surface area contributed by atoms with E-state index in [4.69, 9.17) is 19.4 Å². The van der Waals surface area contributed by atoms with Crippen LogP contribution < -0.4 is 0 Å². The first-order chi connectivity index (χ1) is 30.8. The summed E-state index contributed by atoms with van der Waals surface area (Å²) in [4.78, 5) is 16.4. The predicted octanol–water partition coefficient (Wildman–Crippen LogP) is 14.9.